The van der Waals surface area contributed by atoms with E-state index in [0.717, 1.165) is 6.07 Å². The van der Waals surface area contributed by atoms with Crippen LogP contribution in [0.2, 0.25) is 0 Å². The van der Waals surface area contributed by atoms with Gasteiger partial charge in [-0.15, -0.1) is 0 Å². The number of rotatable bonds is 3. The van der Waals surface area contributed by atoms with Gasteiger partial charge in [0, 0.05) is 5.69 Å². The lowest BCUT2D eigenvalue weighted by molar-refractivity contribution is -0.139. The SMILES string of the molecule is O=C(O)c1ccccc1Nc1ccc(F)c(C(F)(F)F)c1. The molecule has 2 rings (SSSR count). The first-order valence-electron chi connectivity index (χ1n) is 5.75. The second kappa shape index (κ2) is 5.43. The molecule has 0 fully saturated rings. The van der Waals surface area contributed by atoms with Gasteiger partial charge in [-0.1, -0.05) is 12.1 Å². The predicted molar refractivity (Wildman–Crippen MR) is 68.1 cm³/mol. The molecule has 21 heavy (non-hydrogen) atoms. The number of halogens is 4. The molecule has 0 aliphatic heterocycles. The van der Waals surface area contributed by atoms with Gasteiger partial charge in [-0.2, -0.15) is 13.2 Å². The summed E-state index contributed by atoms with van der Waals surface area (Å²) in [5.41, 5.74) is -1.46. The van der Waals surface area contributed by atoms with Crippen LogP contribution in [0.3, 0.4) is 0 Å². The van der Waals surface area contributed by atoms with Gasteiger partial charge in [-0.25, -0.2) is 9.18 Å². The number of hydrogen-bond acceptors (Lipinski definition) is 2. The van der Waals surface area contributed by atoms with E-state index in [9.17, 15) is 22.4 Å². The van der Waals surface area contributed by atoms with Gasteiger partial charge in [0.1, 0.15) is 5.82 Å². The molecule has 0 unspecified atom stereocenters. The fraction of sp³-hybridized carbons (Fsp3) is 0.0714. The summed E-state index contributed by atoms with van der Waals surface area (Å²) in [4.78, 5) is 11.0. The van der Waals surface area contributed by atoms with Gasteiger partial charge in [0.15, 0.2) is 0 Å². The maximum absolute atomic E-state index is 13.2. The Hall–Kier alpha value is -2.57. The van der Waals surface area contributed by atoms with Crippen LogP contribution in [-0.2, 0) is 6.18 Å². The molecular formula is C14H9F4NO2. The molecule has 0 saturated carbocycles. The summed E-state index contributed by atoms with van der Waals surface area (Å²) >= 11 is 0. The van der Waals surface area contributed by atoms with Gasteiger partial charge in [0.25, 0.3) is 0 Å². The molecule has 0 radical (unpaired) electrons. The van der Waals surface area contributed by atoms with Crippen LogP contribution in [0, 0.1) is 5.82 Å². The first-order valence-corrected chi connectivity index (χ1v) is 5.75. The zero-order valence-electron chi connectivity index (χ0n) is 10.4. The quantitative estimate of drug-likeness (QED) is 0.831. The Morgan fingerprint density at radius 3 is 2.38 bits per heavy atom. The van der Waals surface area contributed by atoms with Gasteiger partial charge < -0.3 is 10.4 Å². The monoisotopic (exact) mass is 299 g/mol. The fourth-order valence-electron chi connectivity index (χ4n) is 1.75. The molecular weight excluding hydrogens is 290 g/mol. The maximum Gasteiger partial charge on any atom is 0.419 e. The zero-order valence-corrected chi connectivity index (χ0v) is 10.4. The van der Waals surface area contributed by atoms with Crippen LogP contribution in [0.15, 0.2) is 42.5 Å². The van der Waals surface area contributed by atoms with Crippen LogP contribution in [0.5, 0.6) is 0 Å². The van der Waals surface area contributed by atoms with Crippen molar-refractivity contribution in [1.29, 1.82) is 0 Å². The van der Waals surface area contributed by atoms with E-state index in [-0.39, 0.29) is 16.9 Å². The van der Waals surface area contributed by atoms with Gasteiger partial charge >= 0.3 is 12.1 Å². The van der Waals surface area contributed by atoms with E-state index < -0.39 is 23.5 Å². The molecule has 0 aliphatic carbocycles. The minimum atomic E-state index is -4.83. The zero-order chi connectivity index (χ0) is 15.6. The highest BCUT2D eigenvalue weighted by Crippen LogP contribution is 2.34. The van der Waals surface area contributed by atoms with Crippen molar-refractivity contribution in [2.45, 2.75) is 6.18 Å². The molecule has 0 amide bonds. The lowest BCUT2D eigenvalue weighted by atomic mass is 10.1. The first-order chi connectivity index (χ1) is 9.79. The number of aromatic carboxylic acids is 1. The van der Waals surface area contributed by atoms with E-state index in [1.807, 2.05) is 0 Å². The summed E-state index contributed by atoms with van der Waals surface area (Å²) in [6.07, 6.45) is -4.83. The summed E-state index contributed by atoms with van der Waals surface area (Å²) < 4.78 is 51.0. The molecule has 0 aromatic heterocycles. The summed E-state index contributed by atoms with van der Waals surface area (Å²) in [5.74, 6) is -2.61. The number of anilines is 2. The van der Waals surface area contributed by atoms with Crippen LogP contribution in [0.4, 0.5) is 28.9 Å². The third kappa shape index (κ3) is 3.31. The smallest absolute Gasteiger partial charge is 0.419 e. The summed E-state index contributed by atoms with van der Waals surface area (Å²) in [6, 6.07) is 8.09. The molecule has 110 valence electrons. The van der Waals surface area contributed by atoms with Gasteiger partial charge in [-0.3, -0.25) is 0 Å². The number of benzene rings is 2. The van der Waals surface area contributed by atoms with Crippen LogP contribution >= 0.6 is 0 Å². The highest BCUT2D eigenvalue weighted by molar-refractivity contribution is 5.95. The molecule has 2 N–H and O–H groups in total. The van der Waals surface area contributed by atoms with Gasteiger partial charge in [-0.05, 0) is 30.3 Å². The van der Waals surface area contributed by atoms with E-state index in [0.29, 0.717) is 12.1 Å². The maximum atomic E-state index is 13.2. The molecule has 0 atom stereocenters. The van der Waals surface area contributed by atoms with Crippen LogP contribution < -0.4 is 5.32 Å². The highest BCUT2D eigenvalue weighted by atomic mass is 19.4. The first kappa shape index (κ1) is 14.8. The highest BCUT2D eigenvalue weighted by Gasteiger charge is 2.34. The number of para-hydroxylation sites is 1. The van der Waals surface area contributed by atoms with Crippen LogP contribution in [0.1, 0.15) is 15.9 Å². The molecule has 2 aromatic rings. The van der Waals surface area contributed by atoms with Crippen molar-refractivity contribution < 1.29 is 27.5 Å². The molecule has 3 nitrogen and oxygen atoms in total. The Balaban J connectivity index is 2.40. The molecule has 0 spiro atoms. The van der Waals surface area contributed by atoms with Crippen molar-refractivity contribution in [2.75, 3.05) is 5.32 Å². The third-order valence-electron chi connectivity index (χ3n) is 2.71. The minimum Gasteiger partial charge on any atom is -0.478 e. The Morgan fingerprint density at radius 1 is 1.10 bits per heavy atom. The second-order valence-electron chi connectivity index (χ2n) is 4.17. The van der Waals surface area contributed by atoms with Crippen LogP contribution in [0.25, 0.3) is 0 Å². The Bertz CT molecular complexity index is 683. The molecule has 0 bridgehead atoms. The number of hydrogen-bond donors (Lipinski definition) is 2. The Kier molecular flexibility index (Phi) is 3.84. The van der Waals surface area contributed by atoms with Crippen molar-refractivity contribution in [3.63, 3.8) is 0 Å². The molecule has 7 heteroatoms. The van der Waals surface area contributed by atoms with Gasteiger partial charge in [0.05, 0.1) is 16.8 Å². The summed E-state index contributed by atoms with van der Waals surface area (Å²) in [7, 11) is 0. The van der Waals surface area contributed by atoms with Crippen molar-refractivity contribution in [2.24, 2.45) is 0 Å². The number of carboxylic acids is 1. The Labute approximate surface area is 116 Å². The number of carboxylic acid groups (broad SMARTS) is 1. The van der Waals surface area contributed by atoms with Crippen molar-refractivity contribution >= 4 is 17.3 Å². The van der Waals surface area contributed by atoms with E-state index >= 15 is 0 Å². The van der Waals surface area contributed by atoms with E-state index in [1.54, 1.807) is 0 Å². The van der Waals surface area contributed by atoms with E-state index in [1.165, 1.54) is 24.3 Å². The second-order valence-corrected chi connectivity index (χ2v) is 4.17. The lowest BCUT2D eigenvalue weighted by Gasteiger charge is -2.13. The number of alkyl halides is 3. The summed E-state index contributed by atoms with van der Waals surface area (Å²) in [6.45, 7) is 0. The largest absolute Gasteiger partial charge is 0.478 e. The Morgan fingerprint density at radius 2 is 1.76 bits per heavy atom. The molecule has 0 heterocycles. The van der Waals surface area contributed by atoms with Crippen molar-refractivity contribution in [3.8, 4) is 0 Å². The standard InChI is InChI=1S/C14H9F4NO2/c15-11-6-5-8(7-10(11)14(16,17)18)19-12-4-2-1-3-9(12)13(20)21/h1-7,19H,(H,20,21). The third-order valence-corrected chi connectivity index (χ3v) is 2.71. The number of carbonyl (C=O) groups is 1. The average molecular weight is 299 g/mol. The lowest BCUT2D eigenvalue weighted by Crippen LogP contribution is -2.09. The summed E-state index contributed by atoms with van der Waals surface area (Å²) in [5, 5.41) is 11.5. The normalized spacial score (nSPS) is 11.2. The molecule has 2 aromatic carbocycles. The van der Waals surface area contributed by atoms with Crippen LogP contribution in [-0.4, -0.2) is 11.1 Å². The van der Waals surface area contributed by atoms with E-state index in [4.69, 9.17) is 5.11 Å². The predicted octanol–water partition coefficient (Wildman–Crippen LogP) is 4.29. The number of nitrogens with one attached hydrogen (secondary N) is 1. The topological polar surface area (TPSA) is 49.3 Å². The molecule has 0 saturated heterocycles. The van der Waals surface area contributed by atoms with Crippen molar-refractivity contribution in [3.05, 3.63) is 59.4 Å². The average Bonchev–Trinajstić information content (AvgIpc) is 2.40. The van der Waals surface area contributed by atoms with Gasteiger partial charge in [0.2, 0.25) is 0 Å². The van der Waals surface area contributed by atoms with Crippen molar-refractivity contribution in [1.82, 2.24) is 0 Å². The van der Waals surface area contributed by atoms with E-state index in [2.05, 4.69) is 5.32 Å². The molecule has 0 aliphatic rings. The minimum absolute atomic E-state index is 0.0579. The fourth-order valence-corrected chi connectivity index (χ4v) is 1.75.